The Balaban J connectivity index is 1.94. The summed E-state index contributed by atoms with van der Waals surface area (Å²) in [5.41, 5.74) is 5.05. The number of nitrogen functional groups attached to an aromatic ring is 1. The van der Waals surface area contributed by atoms with Gasteiger partial charge in [-0.2, -0.15) is 0 Å². The van der Waals surface area contributed by atoms with Gasteiger partial charge in [0.15, 0.2) is 5.75 Å². The number of nitrogens with one attached hydrogen (secondary N) is 1. The van der Waals surface area contributed by atoms with Crippen molar-refractivity contribution >= 4 is 11.6 Å². The molecule has 1 aliphatic rings. The second kappa shape index (κ2) is 6.35. The van der Waals surface area contributed by atoms with E-state index in [0.717, 1.165) is 19.3 Å². The molecule has 1 saturated carbocycles. The molecule has 0 atom stereocenters. The predicted octanol–water partition coefficient (Wildman–Crippen LogP) is 2.04. The van der Waals surface area contributed by atoms with Crippen LogP contribution in [0.25, 0.3) is 0 Å². The van der Waals surface area contributed by atoms with Gasteiger partial charge >= 0.3 is 0 Å². The Morgan fingerprint density at radius 1 is 1.43 bits per heavy atom. The van der Waals surface area contributed by atoms with Crippen molar-refractivity contribution in [3.63, 3.8) is 0 Å². The lowest BCUT2D eigenvalue weighted by Crippen LogP contribution is -2.45. The first-order chi connectivity index (χ1) is 9.95. The van der Waals surface area contributed by atoms with Crippen LogP contribution in [0.15, 0.2) is 18.2 Å². The van der Waals surface area contributed by atoms with Crippen molar-refractivity contribution in [2.75, 3.05) is 12.3 Å². The van der Waals surface area contributed by atoms with E-state index in [-0.39, 0.29) is 23.5 Å². The molecule has 2 rings (SSSR count). The van der Waals surface area contributed by atoms with Gasteiger partial charge in [0.05, 0.1) is 16.9 Å². The van der Waals surface area contributed by atoms with E-state index in [1.54, 1.807) is 6.07 Å². The minimum atomic E-state index is -0.836. The topological polar surface area (TPSA) is 95.6 Å². The number of hydrogen-bond donors (Lipinski definition) is 4. The molecule has 1 aromatic carbocycles. The molecule has 0 aromatic heterocycles. The maximum atomic E-state index is 12.1. The quantitative estimate of drug-likeness (QED) is 0.504. The number of anilines is 1. The number of para-hydroxylation sites is 1. The van der Waals surface area contributed by atoms with Gasteiger partial charge in [0, 0.05) is 6.54 Å². The molecule has 1 aromatic rings. The number of benzene rings is 1. The van der Waals surface area contributed by atoms with Crippen molar-refractivity contribution in [3.05, 3.63) is 23.8 Å². The van der Waals surface area contributed by atoms with E-state index in [1.165, 1.54) is 12.1 Å². The molecule has 0 unspecified atom stereocenters. The van der Waals surface area contributed by atoms with Crippen LogP contribution in [0.2, 0.25) is 0 Å². The van der Waals surface area contributed by atoms with Gasteiger partial charge < -0.3 is 21.3 Å². The first kappa shape index (κ1) is 15.6. The minimum absolute atomic E-state index is 0.140. The van der Waals surface area contributed by atoms with Crippen LogP contribution in [0.1, 0.15) is 49.4 Å². The highest BCUT2D eigenvalue weighted by Crippen LogP contribution is 2.33. The summed E-state index contributed by atoms with van der Waals surface area (Å²) in [6.45, 7) is 2.37. The first-order valence-corrected chi connectivity index (χ1v) is 7.53. The standard InChI is InChI=1S/C16H24N2O3/c1-2-11-6-8-16(21,9-7-11)10-18-15(20)12-4-3-5-13(17)14(12)19/h3-5,11,19,21H,2,6-10,17H2,1H3,(H,18,20). The number of phenolic OH excluding ortho intramolecular Hbond substituents is 1. The molecule has 0 saturated heterocycles. The van der Waals surface area contributed by atoms with Crippen LogP contribution in [-0.2, 0) is 0 Å². The molecule has 5 heteroatoms. The number of carbonyl (C=O) groups excluding carboxylic acids is 1. The van der Waals surface area contributed by atoms with Gasteiger partial charge in [-0.3, -0.25) is 4.79 Å². The highest BCUT2D eigenvalue weighted by atomic mass is 16.3. The first-order valence-electron chi connectivity index (χ1n) is 7.53. The van der Waals surface area contributed by atoms with Gasteiger partial charge in [-0.1, -0.05) is 19.4 Å². The number of rotatable bonds is 4. The van der Waals surface area contributed by atoms with Crippen LogP contribution in [-0.4, -0.2) is 28.3 Å². The Kier molecular flexibility index (Phi) is 4.73. The summed E-state index contributed by atoms with van der Waals surface area (Å²) in [5, 5.41) is 23.0. The van der Waals surface area contributed by atoms with Gasteiger partial charge in [0.1, 0.15) is 0 Å². The Morgan fingerprint density at radius 3 is 2.71 bits per heavy atom. The molecule has 1 amide bonds. The van der Waals surface area contributed by atoms with E-state index in [1.807, 2.05) is 0 Å². The molecular formula is C16H24N2O3. The summed E-state index contributed by atoms with van der Waals surface area (Å²) in [6.07, 6.45) is 4.53. The third kappa shape index (κ3) is 3.67. The second-order valence-electron chi connectivity index (χ2n) is 6.00. The lowest BCUT2D eigenvalue weighted by Gasteiger charge is -2.35. The lowest BCUT2D eigenvalue weighted by atomic mass is 9.78. The summed E-state index contributed by atoms with van der Waals surface area (Å²) < 4.78 is 0. The largest absolute Gasteiger partial charge is 0.505 e. The molecule has 0 aliphatic heterocycles. The predicted molar refractivity (Wildman–Crippen MR) is 82.1 cm³/mol. The Bertz CT molecular complexity index is 508. The average Bonchev–Trinajstić information content (AvgIpc) is 2.49. The van der Waals surface area contributed by atoms with Gasteiger partial charge in [0.2, 0.25) is 0 Å². The van der Waals surface area contributed by atoms with Crippen LogP contribution in [0, 0.1) is 5.92 Å². The highest BCUT2D eigenvalue weighted by Gasteiger charge is 2.33. The van der Waals surface area contributed by atoms with Crippen molar-refractivity contribution in [2.45, 2.75) is 44.6 Å². The molecular weight excluding hydrogens is 268 g/mol. The molecule has 116 valence electrons. The van der Waals surface area contributed by atoms with Crippen molar-refractivity contribution in [2.24, 2.45) is 5.92 Å². The van der Waals surface area contributed by atoms with Crippen LogP contribution in [0.4, 0.5) is 5.69 Å². The third-order valence-electron chi connectivity index (χ3n) is 4.50. The molecule has 5 N–H and O–H groups in total. The molecule has 1 fully saturated rings. The molecule has 0 radical (unpaired) electrons. The lowest BCUT2D eigenvalue weighted by molar-refractivity contribution is -0.00788. The van der Waals surface area contributed by atoms with Crippen molar-refractivity contribution in [1.29, 1.82) is 0 Å². The van der Waals surface area contributed by atoms with E-state index in [9.17, 15) is 15.0 Å². The zero-order chi connectivity index (χ0) is 15.5. The monoisotopic (exact) mass is 292 g/mol. The third-order valence-corrected chi connectivity index (χ3v) is 4.50. The van der Waals surface area contributed by atoms with Crippen molar-refractivity contribution < 1.29 is 15.0 Å². The number of carbonyl (C=O) groups is 1. The normalized spacial score (nSPS) is 25.5. The van der Waals surface area contributed by atoms with Crippen LogP contribution in [0.5, 0.6) is 5.75 Å². The average molecular weight is 292 g/mol. The molecule has 0 bridgehead atoms. The number of nitrogens with two attached hydrogens (primary N) is 1. The maximum Gasteiger partial charge on any atom is 0.255 e. The molecule has 0 heterocycles. The molecule has 5 nitrogen and oxygen atoms in total. The zero-order valence-corrected chi connectivity index (χ0v) is 12.4. The number of hydrogen-bond acceptors (Lipinski definition) is 4. The van der Waals surface area contributed by atoms with E-state index in [4.69, 9.17) is 5.73 Å². The fraction of sp³-hybridized carbons (Fsp3) is 0.562. The van der Waals surface area contributed by atoms with Crippen LogP contribution >= 0.6 is 0 Å². The Morgan fingerprint density at radius 2 is 2.10 bits per heavy atom. The van der Waals surface area contributed by atoms with Gasteiger partial charge in [-0.25, -0.2) is 0 Å². The summed E-state index contributed by atoms with van der Waals surface area (Å²) in [7, 11) is 0. The Labute approximate surface area is 125 Å². The van der Waals surface area contributed by atoms with Crippen LogP contribution < -0.4 is 11.1 Å². The van der Waals surface area contributed by atoms with Crippen molar-refractivity contribution in [3.8, 4) is 5.75 Å². The van der Waals surface area contributed by atoms with Crippen LogP contribution in [0.3, 0.4) is 0 Å². The molecule has 21 heavy (non-hydrogen) atoms. The smallest absolute Gasteiger partial charge is 0.255 e. The summed E-state index contributed by atoms with van der Waals surface area (Å²) >= 11 is 0. The fourth-order valence-electron chi connectivity index (χ4n) is 2.88. The number of aromatic hydroxyl groups is 1. The van der Waals surface area contributed by atoms with E-state index < -0.39 is 11.5 Å². The molecule has 0 spiro atoms. The maximum absolute atomic E-state index is 12.1. The molecule has 1 aliphatic carbocycles. The van der Waals surface area contributed by atoms with E-state index >= 15 is 0 Å². The highest BCUT2D eigenvalue weighted by molar-refractivity contribution is 5.98. The van der Waals surface area contributed by atoms with Gasteiger partial charge in [-0.15, -0.1) is 0 Å². The SMILES string of the molecule is CCC1CCC(O)(CNC(=O)c2cccc(N)c2O)CC1. The summed E-state index contributed by atoms with van der Waals surface area (Å²) in [4.78, 5) is 12.1. The second-order valence-corrected chi connectivity index (χ2v) is 6.00. The minimum Gasteiger partial charge on any atom is -0.505 e. The van der Waals surface area contributed by atoms with Gasteiger partial charge in [0.25, 0.3) is 5.91 Å². The van der Waals surface area contributed by atoms with E-state index in [0.29, 0.717) is 18.8 Å². The van der Waals surface area contributed by atoms with Gasteiger partial charge in [-0.05, 0) is 43.7 Å². The number of aliphatic hydroxyl groups is 1. The number of phenols is 1. The summed E-state index contributed by atoms with van der Waals surface area (Å²) in [6, 6.07) is 4.66. The summed E-state index contributed by atoms with van der Waals surface area (Å²) in [5.74, 6) is 0.0569. The van der Waals surface area contributed by atoms with E-state index in [2.05, 4.69) is 12.2 Å². The fourth-order valence-corrected chi connectivity index (χ4v) is 2.88. The Hall–Kier alpha value is -1.75. The zero-order valence-electron chi connectivity index (χ0n) is 12.4. The van der Waals surface area contributed by atoms with Crippen molar-refractivity contribution in [1.82, 2.24) is 5.32 Å². The number of amides is 1.